The van der Waals surface area contributed by atoms with E-state index in [-0.39, 0.29) is 0 Å². The Morgan fingerprint density at radius 2 is 1.71 bits per heavy atom. The summed E-state index contributed by atoms with van der Waals surface area (Å²) in [6.07, 6.45) is 0. The second-order valence-electron chi connectivity index (χ2n) is 9.19. The summed E-state index contributed by atoms with van der Waals surface area (Å²) in [7, 11) is 5.77. The van der Waals surface area contributed by atoms with E-state index in [1.54, 1.807) is 7.11 Å². The van der Waals surface area contributed by atoms with Crippen LogP contribution in [0.5, 0.6) is 11.5 Å². The number of benzene rings is 2. The van der Waals surface area contributed by atoms with Crippen LogP contribution in [0.25, 0.3) is 16.5 Å². The molecule has 0 aliphatic heterocycles. The van der Waals surface area contributed by atoms with Crippen LogP contribution < -0.4 is 19.7 Å². The molecule has 4 rings (SSSR count). The van der Waals surface area contributed by atoms with Crippen molar-refractivity contribution >= 4 is 28.1 Å². The van der Waals surface area contributed by atoms with E-state index < -0.39 is 0 Å². The zero-order valence-corrected chi connectivity index (χ0v) is 21.9. The maximum atomic E-state index is 5.79. The molecule has 0 unspecified atom stereocenters. The molecule has 0 radical (unpaired) electrons. The molecule has 0 bridgehead atoms. The zero-order valence-electron chi connectivity index (χ0n) is 21.9. The summed E-state index contributed by atoms with van der Waals surface area (Å²) in [4.78, 5) is 2.11. The molecule has 7 nitrogen and oxygen atoms in total. The summed E-state index contributed by atoms with van der Waals surface area (Å²) < 4.78 is 13.7. The number of methoxy groups -OCH3 is 1. The van der Waals surface area contributed by atoms with Gasteiger partial charge in [-0.15, -0.1) is 5.10 Å². The smallest absolute Gasteiger partial charge is 0.164 e. The lowest BCUT2D eigenvalue weighted by atomic mass is 10.0. The van der Waals surface area contributed by atoms with Gasteiger partial charge in [0.1, 0.15) is 17.3 Å². The molecule has 0 fully saturated rings. The first-order valence-corrected chi connectivity index (χ1v) is 12.0. The average molecular weight is 474 g/mol. The highest BCUT2D eigenvalue weighted by molar-refractivity contribution is 6.06. The fourth-order valence-electron chi connectivity index (χ4n) is 4.56. The van der Waals surface area contributed by atoms with Gasteiger partial charge in [-0.05, 0) is 56.5 Å². The van der Waals surface area contributed by atoms with E-state index in [2.05, 4.69) is 70.0 Å². The van der Waals surface area contributed by atoms with E-state index >= 15 is 0 Å². The van der Waals surface area contributed by atoms with E-state index in [0.717, 1.165) is 56.7 Å². The number of rotatable bonds is 8. The highest BCUT2D eigenvalue weighted by Crippen LogP contribution is 2.42. The molecule has 0 aliphatic carbocycles. The van der Waals surface area contributed by atoms with Gasteiger partial charge in [0.05, 0.1) is 30.5 Å². The number of nitrogens with one attached hydrogen (secondary N) is 1. The summed E-state index contributed by atoms with van der Waals surface area (Å²) in [6.45, 7) is 11.1. The van der Waals surface area contributed by atoms with Gasteiger partial charge in [0.25, 0.3) is 0 Å². The molecule has 0 spiro atoms. The molecule has 7 heteroatoms. The van der Waals surface area contributed by atoms with Crippen LogP contribution in [-0.4, -0.2) is 42.6 Å². The predicted octanol–water partition coefficient (Wildman–Crippen LogP) is 6.38. The van der Waals surface area contributed by atoms with Crippen molar-refractivity contribution in [2.75, 3.05) is 38.0 Å². The van der Waals surface area contributed by atoms with E-state index in [1.165, 1.54) is 5.56 Å². The molecule has 2 aromatic carbocycles. The minimum atomic E-state index is 0.482. The van der Waals surface area contributed by atoms with Gasteiger partial charge in [-0.3, -0.25) is 4.57 Å². The molecule has 4 aromatic rings. The van der Waals surface area contributed by atoms with Crippen molar-refractivity contribution in [1.82, 2.24) is 14.8 Å². The Hall–Kier alpha value is -3.74. The largest absolute Gasteiger partial charge is 0.494 e. The minimum Gasteiger partial charge on any atom is -0.494 e. The first-order chi connectivity index (χ1) is 16.8. The van der Waals surface area contributed by atoms with Crippen molar-refractivity contribution in [3.8, 4) is 17.2 Å². The van der Waals surface area contributed by atoms with Crippen LogP contribution in [0.2, 0.25) is 0 Å². The summed E-state index contributed by atoms with van der Waals surface area (Å²) in [5.41, 5.74) is 5.15. The summed E-state index contributed by atoms with van der Waals surface area (Å²) >= 11 is 0. The van der Waals surface area contributed by atoms with Gasteiger partial charge >= 0.3 is 0 Å². The van der Waals surface area contributed by atoms with Crippen LogP contribution in [0, 0.1) is 13.8 Å². The Kier molecular flexibility index (Phi) is 6.87. The Morgan fingerprint density at radius 3 is 2.31 bits per heavy atom. The topological polar surface area (TPSA) is 64.4 Å². The number of hydrogen-bond donors (Lipinski definition) is 1. The maximum Gasteiger partial charge on any atom is 0.164 e. The van der Waals surface area contributed by atoms with E-state index in [9.17, 15) is 0 Å². The Balaban J connectivity index is 1.93. The third-order valence-corrected chi connectivity index (χ3v) is 6.25. The number of ether oxygens (including phenoxy) is 2. The summed E-state index contributed by atoms with van der Waals surface area (Å²) in [5.74, 6) is 3.72. The third-order valence-electron chi connectivity index (χ3n) is 6.25. The number of fused-ring (bicyclic) bond motifs is 1. The van der Waals surface area contributed by atoms with Gasteiger partial charge in [0.2, 0.25) is 0 Å². The van der Waals surface area contributed by atoms with Gasteiger partial charge in [-0.2, -0.15) is 5.10 Å². The van der Waals surface area contributed by atoms with Crippen molar-refractivity contribution in [2.24, 2.45) is 0 Å². The lowest BCUT2D eigenvalue weighted by Gasteiger charge is -2.21. The predicted molar refractivity (Wildman–Crippen MR) is 144 cm³/mol. The van der Waals surface area contributed by atoms with Crippen LogP contribution in [0.1, 0.15) is 43.6 Å². The molecule has 0 saturated heterocycles. The molecular weight excluding hydrogens is 438 g/mol. The SMILES string of the molecule is CCOc1ccc(-n2c(C)c3c(C)nnc(Nc4ccc(C(C)C)cc4)c3c2N(C)C)c(OC)c1. The number of hydrogen-bond acceptors (Lipinski definition) is 6. The molecule has 2 heterocycles. The van der Waals surface area contributed by atoms with Gasteiger partial charge in [-0.1, -0.05) is 26.0 Å². The quantitative estimate of drug-likeness (QED) is 0.320. The standard InChI is InChI=1S/C28H35N5O2/c1-9-35-22-14-15-23(24(16-22)34-8)33-19(5)25-18(4)30-31-27(26(25)28(33)32(6)7)29-21-12-10-20(11-13-21)17(2)3/h10-17H,9H2,1-8H3,(H,29,31). The van der Waals surface area contributed by atoms with Crippen molar-refractivity contribution < 1.29 is 9.47 Å². The number of aryl methyl sites for hydroxylation is 2. The molecule has 2 aromatic heterocycles. The Morgan fingerprint density at radius 1 is 1.00 bits per heavy atom. The maximum absolute atomic E-state index is 5.79. The molecule has 184 valence electrons. The van der Waals surface area contributed by atoms with Gasteiger partial charge in [0.15, 0.2) is 5.82 Å². The van der Waals surface area contributed by atoms with Crippen molar-refractivity contribution in [3.63, 3.8) is 0 Å². The summed E-state index contributed by atoms with van der Waals surface area (Å²) in [6, 6.07) is 14.4. The van der Waals surface area contributed by atoms with Crippen LogP contribution in [0.3, 0.4) is 0 Å². The Labute approximate surface area is 207 Å². The van der Waals surface area contributed by atoms with Crippen LogP contribution in [-0.2, 0) is 0 Å². The van der Waals surface area contributed by atoms with Gasteiger partial charge in [-0.25, -0.2) is 0 Å². The average Bonchev–Trinajstić information content (AvgIpc) is 3.15. The minimum absolute atomic E-state index is 0.482. The van der Waals surface area contributed by atoms with Crippen LogP contribution in [0.15, 0.2) is 42.5 Å². The third kappa shape index (κ3) is 4.50. The van der Waals surface area contributed by atoms with Crippen LogP contribution in [0.4, 0.5) is 17.3 Å². The van der Waals surface area contributed by atoms with E-state index in [1.807, 2.05) is 46.1 Å². The highest BCUT2D eigenvalue weighted by atomic mass is 16.5. The molecule has 0 amide bonds. The molecule has 0 atom stereocenters. The monoisotopic (exact) mass is 473 g/mol. The van der Waals surface area contributed by atoms with Crippen molar-refractivity contribution in [3.05, 3.63) is 59.4 Å². The van der Waals surface area contributed by atoms with Gasteiger partial charge < -0.3 is 19.7 Å². The highest BCUT2D eigenvalue weighted by Gasteiger charge is 2.25. The molecule has 0 saturated carbocycles. The molecule has 35 heavy (non-hydrogen) atoms. The Bertz CT molecular complexity index is 1340. The number of aromatic nitrogens is 3. The first kappa shape index (κ1) is 24.4. The normalized spacial score (nSPS) is 11.2. The second-order valence-corrected chi connectivity index (χ2v) is 9.19. The lowest BCUT2D eigenvalue weighted by Crippen LogP contribution is -2.15. The summed E-state index contributed by atoms with van der Waals surface area (Å²) in [5, 5.41) is 14.7. The molecule has 0 aliphatic rings. The molecular formula is C28H35N5O2. The number of anilines is 3. The fourth-order valence-corrected chi connectivity index (χ4v) is 4.56. The van der Waals surface area contributed by atoms with Crippen molar-refractivity contribution in [2.45, 2.75) is 40.5 Å². The van der Waals surface area contributed by atoms with E-state index in [4.69, 9.17) is 9.47 Å². The van der Waals surface area contributed by atoms with E-state index in [0.29, 0.717) is 12.5 Å². The first-order valence-electron chi connectivity index (χ1n) is 12.0. The number of nitrogens with zero attached hydrogens (tertiary/aromatic N) is 4. The zero-order chi connectivity index (χ0) is 25.3. The van der Waals surface area contributed by atoms with Gasteiger partial charge in [0, 0.05) is 36.9 Å². The van der Waals surface area contributed by atoms with Crippen molar-refractivity contribution in [1.29, 1.82) is 0 Å². The second kappa shape index (κ2) is 9.86. The molecule has 1 N–H and O–H groups in total. The lowest BCUT2D eigenvalue weighted by molar-refractivity contribution is 0.336. The van der Waals surface area contributed by atoms with Crippen LogP contribution >= 0.6 is 0 Å². The fraction of sp³-hybridized carbons (Fsp3) is 0.357.